The highest BCUT2D eigenvalue weighted by Crippen LogP contribution is 2.19. The molecule has 2 atom stereocenters. The van der Waals surface area contributed by atoms with E-state index in [1.54, 1.807) is 19.2 Å². The Kier molecular flexibility index (Phi) is 6.41. The van der Waals surface area contributed by atoms with Crippen LogP contribution in [0.2, 0.25) is 0 Å². The van der Waals surface area contributed by atoms with E-state index >= 15 is 0 Å². The van der Waals surface area contributed by atoms with Crippen molar-refractivity contribution in [3.63, 3.8) is 0 Å². The van der Waals surface area contributed by atoms with Gasteiger partial charge in [-0.3, -0.25) is 9.89 Å². The second-order valence-electron chi connectivity index (χ2n) is 6.44. The van der Waals surface area contributed by atoms with Gasteiger partial charge in [-0.2, -0.15) is 0 Å². The van der Waals surface area contributed by atoms with Crippen LogP contribution < -0.4 is 10.6 Å². The number of nitrogens with zero attached hydrogens (tertiary/aromatic N) is 2. The molecule has 1 fully saturated rings. The van der Waals surface area contributed by atoms with Crippen molar-refractivity contribution in [1.82, 2.24) is 15.5 Å². The molecule has 0 aliphatic carbocycles. The van der Waals surface area contributed by atoms with E-state index in [2.05, 4.69) is 57.2 Å². The maximum Gasteiger partial charge on any atom is 0.191 e. The molecular formula is C17H26BrFN4. The molecule has 6 heteroatoms. The predicted molar refractivity (Wildman–Crippen MR) is 97.1 cm³/mol. The number of rotatable bonds is 4. The highest BCUT2D eigenvalue weighted by atomic mass is 79.9. The Morgan fingerprint density at radius 2 is 2.17 bits per heavy atom. The second kappa shape index (κ2) is 8.11. The van der Waals surface area contributed by atoms with E-state index < -0.39 is 0 Å². The van der Waals surface area contributed by atoms with Crippen LogP contribution in [0, 0.1) is 11.7 Å². The number of halogens is 2. The van der Waals surface area contributed by atoms with E-state index in [0.717, 1.165) is 17.6 Å². The van der Waals surface area contributed by atoms with Crippen LogP contribution >= 0.6 is 15.9 Å². The van der Waals surface area contributed by atoms with Crippen molar-refractivity contribution in [3.8, 4) is 0 Å². The number of hydrogen-bond donors (Lipinski definition) is 2. The predicted octanol–water partition coefficient (Wildman–Crippen LogP) is 2.98. The largest absolute Gasteiger partial charge is 0.352 e. The van der Waals surface area contributed by atoms with E-state index in [1.807, 2.05) is 0 Å². The minimum absolute atomic E-state index is 0.212. The highest BCUT2D eigenvalue weighted by Gasteiger charge is 2.31. The van der Waals surface area contributed by atoms with Gasteiger partial charge in [-0.15, -0.1) is 0 Å². The molecule has 0 amide bonds. The van der Waals surface area contributed by atoms with E-state index in [1.165, 1.54) is 6.07 Å². The summed E-state index contributed by atoms with van der Waals surface area (Å²) in [5.74, 6) is 1.06. The molecule has 0 aromatic heterocycles. The second-order valence-corrected chi connectivity index (χ2v) is 7.35. The van der Waals surface area contributed by atoms with Crippen LogP contribution in [0.5, 0.6) is 0 Å². The van der Waals surface area contributed by atoms with Gasteiger partial charge >= 0.3 is 0 Å². The van der Waals surface area contributed by atoms with Gasteiger partial charge in [0.1, 0.15) is 5.82 Å². The topological polar surface area (TPSA) is 39.7 Å². The smallest absolute Gasteiger partial charge is 0.191 e. The molecule has 0 saturated carbocycles. The summed E-state index contributed by atoms with van der Waals surface area (Å²) in [6, 6.07) is 5.86. The number of likely N-dealkylation sites (tertiary alicyclic amines) is 1. The first-order valence-corrected chi connectivity index (χ1v) is 8.85. The lowest BCUT2D eigenvalue weighted by Gasteiger charge is -2.22. The van der Waals surface area contributed by atoms with Crippen molar-refractivity contribution in [2.24, 2.45) is 10.9 Å². The molecule has 0 bridgehead atoms. The molecular weight excluding hydrogens is 359 g/mol. The molecule has 1 aromatic carbocycles. The minimum Gasteiger partial charge on any atom is -0.352 e. The molecule has 2 rings (SSSR count). The Morgan fingerprint density at radius 1 is 1.43 bits per heavy atom. The summed E-state index contributed by atoms with van der Waals surface area (Å²) < 4.78 is 14.7. The summed E-state index contributed by atoms with van der Waals surface area (Å²) >= 11 is 3.37. The van der Waals surface area contributed by atoms with Gasteiger partial charge in [0.2, 0.25) is 0 Å². The molecule has 1 aliphatic heterocycles. The van der Waals surface area contributed by atoms with Gasteiger partial charge in [0.05, 0.1) is 0 Å². The average Bonchev–Trinajstić information content (AvgIpc) is 2.88. The lowest BCUT2D eigenvalue weighted by molar-refractivity contribution is 0.265. The highest BCUT2D eigenvalue weighted by molar-refractivity contribution is 9.10. The summed E-state index contributed by atoms with van der Waals surface area (Å²) in [6.07, 6.45) is 0. The van der Waals surface area contributed by atoms with Crippen LogP contribution in [0.3, 0.4) is 0 Å². The Balaban J connectivity index is 1.92. The van der Waals surface area contributed by atoms with Crippen molar-refractivity contribution < 1.29 is 4.39 Å². The molecule has 4 nitrogen and oxygen atoms in total. The van der Waals surface area contributed by atoms with Crippen LogP contribution in [0.15, 0.2) is 27.7 Å². The first-order chi connectivity index (χ1) is 10.9. The van der Waals surface area contributed by atoms with Crippen LogP contribution in [-0.2, 0) is 6.54 Å². The Morgan fingerprint density at radius 3 is 2.78 bits per heavy atom. The van der Waals surface area contributed by atoms with Crippen LogP contribution in [0.25, 0.3) is 0 Å². The van der Waals surface area contributed by atoms with E-state index in [4.69, 9.17) is 0 Å². The molecule has 23 heavy (non-hydrogen) atoms. The fraction of sp³-hybridized carbons (Fsp3) is 0.588. The van der Waals surface area contributed by atoms with Crippen LogP contribution in [0.4, 0.5) is 4.39 Å². The monoisotopic (exact) mass is 384 g/mol. The summed E-state index contributed by atoms with van der Waals surface area (Å²) in [6.45, 7) is 9.19. The van der Waals surface area contributed by atoms with Crippen molar-refractivity contribution >= 4 is 21.9 Å². The van der Waals surface area contributed by atoms with Crippen molar-refractivity contribution in [3.05, 3.63) is 34.1 Å². The number of aliphatic imine (C=N–C) groups is 1. The van der Waals surface area contributed by atoms with Crippen molar-refractivity contribution in [1.29, 1.82) is 0 Å². The zero-order valence-corrected chi connectivity index (χ0v) is 15.8. The third kappa shape index (κ3) is 4.91. The normalized spacial score (nSPS) is 22.7. The Hall–Kier alpha value is -1.14. The van der Waals surface area contributed by atoms with Gasteiger partial charge in [-0.25, -0.2) is 4.39 Å². The van der Waals surface area contributed by atoms with Gasteiger partial charge in [-0.1, -0.05) is 22.9 Å². The van der Waals surface area contributed by atoms with Crippen LogP contribution in [-0.4, -0.2) is 43.1 Å². The van der Waals surface area contributed by atoms with Crippen molar-refractivity contribution in [2.45, 2.75) is 39.4 Å². The number of guanidine groups is 1. The van der Waals surface area contributed by atoms with Gasteiger partial charge in [-0.05, 0) is 38.0 Å². The first-order valence-electron chi connectivity index (χ1n) is 8.06. The number of hydrogen-bond acceptors (Lipinski definition) is 2. The van der Waals surface area contributed by atoms with E-state index in [9.17, 15) is 4.39 Å². The molecule has 1 aromatic rings. The molecule has 1 heterocycles. The molecule has 128 valence electrons. The van der Waals surface area contributed by atoms with Gasteiger partial charge in [0.15, 0.2) is 5.96 Å². The van der Waals surface area contributed by atoms with Gasteiger partial charge in [0.25, 0.3) is 0 Å². The van der Waals surface area contributed by atoms with Gasteiger partial charge in [0, 0.05) is 48.8 Å². The standard InChI is InChI=1S/C17H26BrFN4/c1-11(2)23-9-12(3)16(10-23)22-17(20-4)21-8-13-7-14(18)5-6-15(13)19/h5-7,11-12,16H,8-10H2,1-4H3,(H2,20,21,22). The molecule has 2 unspecified atom stereocenters. The summed E-state index contributed by atoms with van der Waals surface area (Å²) in [4.78, 5) is 6.73. The molecule has 1 saturated heterocycles. The minimum atomic E-state index is -0.212. The SMILES string of the molecule is CN=C(NCc1cc(Br)ccc1F)NC1CN(C(C)C)CC1C. The van der Waals surface area contributed by atoms with Crippen LogP contribution in [0.1, 0.15) is 26.3 Å². The fourth-order valence-corrected chi connectivity index (χ4v) is 3.25. The molecule has 1 aliphatic rings. The molecule has 0 radical (unpaired) electrons. The maximum absolute atomic E-state index is 13.8. The lowest BCUT2D eigenvalue weighted by Crippen LogP contribution is -2.46. The third-order valence-electron chi connectivity index (χ3n) is 4.37. The van der Waals surface area contributed by atoms with E-state index in [-0.39, 0.29) is 5.82 Å². The number of benzene rings is 1. The Bertz CT molecular complexity index is 562. The summed E-state index contributed by atoms with van der Waals surface area (Å²) in [7, 11) is 1.74. The Labute approximate surface area is 146 Å². The number of nitrogens with one attached hydrogen (secondary N) is 2. The van der Waals surface area contributed by atoms with Crippen molar-refractivity contribution in [2.75, 3.05) is 20.1 Å². The van der Waals surface area contributed by atoms with Gasteiger partial charge < -0.3 is 10.6 Å². The lowest BCUT2D eigenvalue weighted by atomic mass is 10.1. The fourth-order valence-electron chi connectivity index (χ4n) is 2.84. The zero-order valence-electron chi connectivity index (χ0n) is 14.2. The third-order valence-corrected chi connectivity index (χ3v) is 4.86. The summed E-state index contributed by atoms with van der Waals surface area (Å²) in [5.41, 5.74) is 0.616. The zero-order chi connectivity index (χ0) is 17.0. The molecule has 2 N–H and O–H groups in total. The summed E-state index contributed by atoms with van der Waals surface area (Å²) in [5, 5.41) is 6.67. The van der Waals surface area contributed by atoms with E-state index in [0.29, 0.717) is 36.1 Å². The maximum atomic E-state index is 13.8. The quantitative estimate of drug-likeness (QED) is 0.619. The first kappa shape index (κ1) is 18.2. The average molecular weight is 385 g/mol. The molecule has 0 spiro atoms.